The highest BCUT2D eigenvalue weighted by Gasteiger charge is 2.40. The van der Waals surface area contributed by atoms with Crippen LogP contribution in [0.15, 0.2) is 35.7 Å². The molecule has 0 saturated carbocycles. The van der Waals surface area contributed by atoms with Gasteiger partial charge in [0.05, 0.1) is 22.4 Å². The minimum atomic E-state index is -0.267. The number of nitrogens with one attached hydrogen (secondary N) is 1. The van der Waals surface area contributed by atoms with E-state index in [0.717, 1.165) is 34.6 Å². The van der Waals surface area contributed by atoms with Gasteiger partial charge >= 0.3 is 0 Å². The number of benzene rings is 1. The number of hydrogen-bond donors (Lipinski definition) is 1. The molecule has 2 aromatic heterocycles. The Bertz CT molecular complexity index is 1270. The maximum atomic E-state index is 13.7. The van der Waals surface area contributed by atoms with Gasteiger partial charge in [0.15, 0.2) is 0 Å². The first-order valence-electron chi connectivity index (χ1n) is 12.5. The van der Waals surface area contributed by atoms with Crippen molar-refractivity contribution in [2.75, 3.05) is 44.4 Å². The molecule has 7 nitrogen and oxygen atoms in total. The summed E-state index contributed by atoms with van der Waals surface area (Å²) in [5.74, 6) is 0.734. The van der Waals surface area contributed by atoms with Gasteiger partial charge in [0, 0.05) is 28.9 Å². The smallest absolute Gasteiger partial charge is 0.240 e. The van der Waals surface area contributed by atoms with E-state index in [1.165, 1.54) is 4.88 Å². The van der Waals surface area contributed by atoms with Gasteiger partial charge in [-0.05, 0) is 51.0 Å². The molecular formula is C28H37N5O2S2. The predicted octanol–water partition coefficient (Wildman–Crippen LogP) is 4.70. The van der Waals surface area contributed by atoms with Crippen molar-refractivity contribution in [1.29, 1.82) is 0 Å². The zero-order chi connectivity index (χ0) is 26.9. The van der Waals surface area contributed by atoms with Crippen LogP contribution in [0.3, 0.4) is 0 Å². The van der Waals surface area contributed by atoms with E-state index < -0.39 is 0 Å². The van der Waals surface area contributed by atoms with Crippen molar-refractivity contribution in [2.24, 2.45) is 0 Å². The summed E-state index contributed by atoms with van der Waals surface area (Å²) in [5.41, 5.74) is 4.85. The van der Waals surface area contributed by atoms with E-state index in [1.54, 1.807) is 28.0 Å². The fraction of sp³-hybridized carbons (Fsp3) is 0.464. The second kappa shape index (κ2) is 11.0. The van der Waals surface area contributed by atoms with Gasteiger partial charge < -0.3 is 10.2 Å². The topological polar surface area (TPSA) is 70.5 Å². The Morgan fingerprint density at radius 2 is 1.97 bits per heavy atom. The van der Waals surface area contributed by atoms with E-state index >= 15 is 0 Å². The quantitative estimate of drug-likeness (QED) is 0.472. The molecule has 0 aliphatic carbocycles. The Morgan fingerprint density at radius 1 is 1.22 bits per heavy atom. The minimum absolute atomic E-state index is 0.0445. The number of amides is 2. The molecule has 4 rings (SSSR count). The van der Waals surface area contributed by atoms with Crippen molar-refractivity contribution in [3.8, 4) is 5.69 Å². The van der Waals surface area contributed by atoms with Crippen molar-refractivity contribution in [1.82, 2.24) is 20.0 Å². The van der Waals surface area contributed by atoms with Gasteiger partial charge in [-0.3, -0.25) is 14.5 Å². The predicted molar refractivity (Wildman–Crippen MR) is 154 cm³/mol. The van der Waals surface area contributed by atoms with Crippen molar-refractivity contribution in [2.45, 2.75) is 45.3 Å². The molecule has 1 unspecified atom stereocenters. The van der Waals surface area contributed by atoms with Crippen LogP contribution in [0.25, 0.3) is 5.69 Å². The van der Waals surface area contributed by atoms with E-state index in [4.69, 9.17) is 5.10 Å². The summed E-state index contributed by atoms with van der Waals surface area (Å²) in [6, 6.07) is 10.4. The Morgan fingerprint density at radius 3 is 2.59 bits per heavy atom. The number of likely N-dealkylation sites (N-methyl/N-ethyl adjacent to an activating group) is 1. The second-order valence-corrected chi connectivity index (χ2v) is 12.9. The molecular weight excluding hydrogens is 502 g/mol. The Labute approximate surface area is 228 Å². The van der Waals surface area contributed by atoms with Gasteiger partial charge in [-0.25, -0.2) is 4.68 Å². The lowest BCUT2D eigenvalue weighted by Gasteiger charge is -2.24. The number of fused-ring (bicyclic) bond motifs is 1. The summed E-state index contributed by atoms with van der Waals surface area (Å²) in [6.45, 7) is 11.8. The van der Waals surface area contributed by atoms with Crippen molar-refractivity contribution >= 4 is 40.7 Å². The normalized spacial score (nSPS) is 16.2. The number of thiophene rings is 1. The fourth-order valence-electron chi connectivity index (χ4n) is 4.57. The Hall–Kier alpha value is -2.62. The Kier molecular flexibility index (Phi) is 8.16. The molecule has 0 fully saturated rings. The van der Waals surface area contributed by atoms with Crippen LogP contribution in [-0.4, -0.2) is 66.0 Å². The zero-order valence-corrected chi connectivity index (χ0v) is 24.4. The molecule has 0 spiro atoms. The summed E-state index contributed by atoms with van der Waals surface area (Å²) in [7, 11) is 3.93. The van der Waals surface area contributed by atoms with Gasteiger partial charge in [-0.15, -0.1) is 23.1 Å². The van der Waals surface area contributed by atoms with E-state index in [1.807, 2.05) is 29.7 Å². The molecule has 198 valence electrons. The number of aromatic nitrogens is 2. The highest BCUT2D eigenvalue weighted by Crippen LogP contribution is 2.49. The molecule has 0 saturated heterocycles. The number of nitrogens with zero attached hydrogens (tertiary/aromatic N) is 4. The zero-order valence-electron chi connectivity index (χ0n) is 22.8. The Balaban J connectivity index is 1.92. The van der Waals surface area contributed by atoms with Gasteiger partial charge in [-0.1, -0.05) is 44.5 Å². The number of carbonyl (C=O) groups excluding carboxylic acids is 2. The number of aryl methyl sites for hydroxylation is 2. The summed E-state index contributed by atoms with van der Waals surface area (Å²) >= 11 is 3.31. The minimum Gasteiger partial charge on any atom is -0.353 e. The largest absolute Gasteiger partial charge is 0.353 e. The van der Waals surface area contributed by atoms with Crippen molar-refractivity contribution < 1.29 is 9.59 Å². The van der Waals surface area contributed by atoms with Gasteiger partial charge in [0.1, 0.15) is 12.4 Å². The molecule has 0 bridgehead atoms. The molecule has 37 heavy (non-hydrogen) atoms. The number of hydrogen-bond acceptors (Lipinski definition) is 6. The average molecular weight is 540 g/mol. The lowest BCUT2D eigenvalue weighted by molar-refractivity contribution is -0.122. The van der Waals surface area contributed by atoms with Gasteiger partial charge in [0.2, 0.25) is 11.8 Å². The molecule has 0 radical (unpaired) electrons. The van der Waals surface area contributed by atoms with Crippen LogP contribution in [0.2, 0.25) is 0 Å². The second-order valence-electron chi connectivity index (χ2n) is 10.9. The number of rotatable bonds is 7. The molecule has 3 aromatic rings. The molecule has 2 amide bonds. The molecule has 1 aromatic carbocycles. The third-order valence-electron chi connectivity index (χ3n) is 6.36. The maximum Gasteiger partial charge on any atom is 0.240 e. The van der Waals surface area contributed by atoms with Crippen LogP contribution in [0.4, 0.5) is 5.82 Å². The van der Waals surface area contributed by atoms with E-state index in [9.17, 15) is 9.59 Å². The van der Waals surface area contributed by atoms with Gasteiger partial charge in [-0.2, -0.15) is 5.10 Å². The molecule has 3 heterocycles. The maximum absolute atomic E-state index is 13.7. The first-order valence-corrected chi connectivity index (χ1v) is 14.5. The third kappa shape index (κ3) is 5.94. The molecule has 1 atom stereocenters. The number of thioether (sulfide) groups is 1. The van der Waals surface area contributed by atoms with E-state index in [2.05, 4.69) is 69.6 Å². The summed E-state index contributed by atoms with van der Waals surface area (Å²) < 4.78 is 1.90. The van der Waals surface area contributed by atoms with Crippen LogP contribution >= 0.6 is 23.1 Å². The van der Waals surface area contributed by atoms with E-state index in [-0.39, 0.29) is 29.0 Å². The van der Waals surface area contributed by atoms with E-state index in [0.29, 0.717) is 18.1 Å². The number of anilines is 1. The standard InChI is InChI=1S/C28H37N5O2S2/c1-18-10-11-20(19(2)15-18)33-27-24(26(30-33)28(3,4)5)25(21-9-8-14-36-21)37-17-23(35)32(27)16-22(34)29-12-13-31(6)7/h8-11,14-15,25H,12-13,16-17H2,1-7H3,(H,29,34). The summed E-state index contributed by atoms with van der Waals surface area (Å²) in [6.07, 6.45) is 0. The highest BCUT2D eigenvalue weighted by atomic mass is 32.2. The van der Waals surface area contributed by atoms with Crippen LogP contribution in [0.5, 0.6) is 0 Å². The first-order chi connectivity index (χ1) is 17.5. The SMILES string of the molecule is Cc1ccc(-n2nc(C(C)(C)C)c3c2N(CC(=O)NCCN(C)C)C(=O)CSC3c2cccs2)c(C)c1. The third-order valence-corrected chi connectivity index (χ3v) is 8.69. The summed E-state index contributed by atoms with van der Waals surface area (Å²) in [5, 5.41) is 10.2. The molecule has 9 heteroatoms. The van der Waals surface area contributed by atoms with Crippen molar-refractivity contribution in [3.05, 3.63) is 63.0 Å². The van der Waals surface area contributed by atoms with Crippen LogP contribution < -0.4 is 10.2 Å². The number of carbonyl (C=O) groups is 2. The molecule has 1 aliphatic heterocycles. The summed E-state index contributed by atoms with van der Waals surface area (Å²) in [4.78, 5) is 31.6. The van der Waals surface area contributed by atoms with Crippen LogP contribution in [0.1, 0.15) is 53.3 Å². The lowest BCUT2D eigenvalue weighted by atomic mass is 9.88. The van der Waals surface area contributed by atoms with Crippen LogP contribution in [-0.2, 0) is 15.0 Å². The molecule has 1 N–H and O–H groups in total. The molecule has 1 aliphatic rings. The van der Waals surface area contributed by atoms with Crippen LogP contribution in [0, 0.1) is 13.8 Å². The fourth-order valence-corrected chi connectivity index (χ4v) is 6.74. The van der Waals surface area contributed by atoms with Gasteiger partial charge in [0.25, 0.3) is 0 Å². The highest BCUT2D eigenvalue weighted by molar-refractivity contribution is 8.00. The van der Waals surface area contributed by atoms with Crippen molar-refractivity contribution in [3.63, 3.8) is 0 Å². The monoisotopic (exact) mass is 539 g/mol. The lowest BCUT2D eigenvalue weighted by Crippen LogP contribution is -2.43. The first kappa shape index (κ1) is 27.4. The average Bonchev–Trinajstić information content (AvgIpc) is 3.44.